The van der Waals surface area contributed by atoms with E-state index in [2.05, 4.69) is 10.6 Å². The predicted octanol–water partition coefficient (Wildman–Crippen LogP) is 4.45. The normalized spacial score (nSPS) is 25.3. The molecule has 44 heavy (non-hydrogen) atoms. The summed E-state index contributed by atoms with van der Waals surface area (Å²) in [5, 5.41) is 6.08. The number of nitrogens with zero attached hydrogens (tertiary/aromatic N) is 4. The summed E-state index contributed by atoms with van der Waals surface area (Å²) in [6.07, 6.45) is 4.22. The highest BCUT2D eigenvalue weighted by molar-refractivity contribution is 6.00. The van der Waals surface area contributed by atoms with Crippen molar-refractivity contribution >= 4 is 23.2 Å². The largest absolute Gasteiger partial charge is 0.319 e. The molecule has 2 amide bonds. The third kappa shape index (κ3) is 4.14. The second-order valence-electron chi connectivity index (χ2n) is 13.3. The second kappa shape index (κ2) is 9.97. The van der Waals surface area contributed by atoms with Gasteiger partial charge in [-0.2, -0.15) is 0 Å². The molecule has 0 atom stereocenters. The molecule has 10 heteroatoms. The van der Waals surface area contributed by atoms with Crippen LogP contribution in [0.4, 0.5) is 11.4 Å². The molecular formula is C34H38N6O4. The van der Waals surface area contributed by atoms with E-state index in [-0.39, 0.29) is 46.1 Å². The molecule has 4 saturated carbocycles. The zero-order valence-corrected chi connectivity index (χ0v) is 25.6. The summed E-state index contributed by atoms with van der Waals surface area (Å²) in [6.45, 7) is 3.66. The minimum Gasteiger partial charge on any atom is -0.319 e. The number of hydrogen-bond acceptors (Lipinski definition) is 4. The lowest BCUT2D eigenvalue weighted by Gasteiger charge is -2.60. The fraction of sp³-hybridized carbons (Fsp3) is 0.412. The number of hydrogen-bond donors (Lipinski definition) is 2. The Bertz CT molecular complexity index is 1760. The van der Waals surface area contributed by atoms with Gasteiger partial charge in [0.1, 0.15) is 11.4 Å². The van der Waals surface area contributed by atoms with Crippen LogP contribution in [-0.2, 0) is 23.7 Å². The zero-order chi connectivity index (χ0) is 31.0. The van der Waals surface area contributed by atoms with Gasteiger partial charge in [0.05, 0.1) is 33.6 Å². The quantitative estimate of drug-likeness (QED) is 0.344. The van der Waals surface area contributed by atoms with Gasteiger partial charge >= 0.3 is 0 Å². The molecule has 8 rings (SSSR count). The molecule has 4 aliphatic rings. The predicted molar refractivity (Wildman–Crippen MR) is 168 cm³/mol. The Kier molecular flexibility index (Phi) is 6.39. The first-order valence-electron chi connectivity index (χ1n) is 15.3. The van der Waals surface area contributed by atoms with Gasteiger partial charge in [0.15, 0.2) is 0 Å². The van der Waals surface area contributed by atoms with Crippen LogP contribution in [0, 0.1) is 36.5 Å². The Labute approximate surface area is 255 Å². The summed E-state index contributed by atoms with van der Waals surface area (Å²) in [4.78, 5) is 55.6. The Balaban J connectivity index is 1.19. The maximum Gasteiger partial charge on any atom is 0.295 e. The van der Waals surface area contributed by atoms with Crippen LogP contribution in [0.1, 0.15) is 49.9 Å². The molecule has 2 aromatic carbocycles. The topological polar surface area (TPSA) is 112 Å². The van der Waals surface area contributed by atoms with Crippen molar-refractivity contribution in [1.29, 1.82) is 0 Å². The number of para-hydroxylation sites is 2. The molecule has 4 aliphatic carbocycles. The van der Waals surface area contributed by atoms with Crippen molar-refractivity contribution in [3.8, 4) is 11.4 Å². The number of nitrogens with one attached hydrogen (secondary N) is 2. The molecule has 0 saturated heterocycles. The number of carbonyl (C=O) groups excluding carboxylic acids is 2. The molecule has 0 unspecified atom stereocenters. The van der Waals surface area contributed by atoms with Gasteiger partial charge in [-0.05, 0) is 88.5 Å². The van der Waals surface area contributed by atoms with Crippen LogP contribution < -0.4 is 21.8 Å². The van der Waals surface area contributed by atoms with Crippen LogP contribution in [0.25, 0.3) is 11.4 Å². The number of rotatable bonds is 6. The van der Waals surface area contributed by atoms with Gasteiger partial charge in [0.2, 0.25) is 11.8 Å². The molecular weight excluding hydrogens is 556 g/mol. The van der Waals surface area contributed by atoms with E-state index in [1.165, 1.54) is 0 Å². The van der Waals surface area contributed by atoms with Gasteiger partial charge in [0.25, 0.3) is 11.1 Å². The van der Waals surface area contributed by atoms with E-state index in [1.807, 2.05) is 74.5 Å². The fourth-order valence-electron chi connectivity index (χ4n) is 8.71. The van der Waals surface area contributed by atoms with E-state index in [0.29, 0.717) is 43.5 Å². The Morgan fingerprint density at radius 2 is 1.02 bits per heavy atom. The van der Waals surface area contributed by atoms with Gasteiger partial charge in [-0.3, -0.25) is 28.5 Å². The summed E-state index contributed by atoms with van der Waals surface area (Å²) in [7, 11) is 3.61. The van der Waals surface area contributed by atoms with Crippen LogP contribution in [0.15, 0.2) is 70.3 Å². The van der Waals surface area contributed by atoms with E-state index in [0.717, 1.165) is 17.8 Å². The number of aromatic nitrogens is 4. The molecule has 4 aromatic rings. The summed E-state index contributed by atoms with van der Waals surface area (Å²) in [6, 6.07) is 18.7. The molecule has 10 nitrogen and oxygen atoms in total. The first kappa shape index (κ1) is 28.2. The van der Waals surface area contributed by atoms with Gasteiger partial charge in [0, 0.05) is 14.1 Å². The molecule has 0 spiro atoms. The van der Waals surface area contributed by atoms with Crippen molar-refractivity contribution in [2.45, 2.75) is 52.4 Å². The highest BCUT2D eigenvalue weighted by Gasteiger charge is 2.63. The summed E-state index contributed by atoms with van der Waals surface area (Å²) < 4.78 is 6.63. The van der Waals surface area contributed by atoms with Crippen LogP contribution in [0.3, 0.4) is 0 Å². The standard InChI is InChI=1S/C34H38N6O4/c1-21-27(29(41)39(37(21)3)25-11-7-5-8-12-25)35-31(43)33-16-23-15-24(17-33)19-34(18-23,20-33)32(44)36-28-22(2)38(4)40(30(28)42)26-13-9-6-10-14-26/h5-14,23-24H,15-20H2,1-4H3,(H,35,43)(H,36,44). The Morgan fingerprint density at radius 3 is 1.39 bits per heavy atom. The van der Waals surface area contributed by atoms with E-state index < -0.39 is 10.8 Å². The highest BCUT2D eigenvalue weighted by atomic mass is 16.2. The summed E-state index contributed by atoms with van der Waals surface area (Å²) in [5.74, 6) is 0.112. The van der Waals surface area contributed by atoms with Crippen molar-refractivity contribution in [3.63, 3.8) is 0 Å². The first-order chi connectivity index (χ1) is 21.0. The summed E-state index contributed by atoms with van der Waals surface area (Å²) >= 11 is 0. The van der Waals surface area contributed by atoms with Crippen LogP contribution >= 0.6 is 0 Å². The number of benzene rings is 2. The highest BCUT2D eigenvalue weighted by Crippen LogP contribution is 2.65. The molecule has 2 aromatic heterocycles. The van der Waals surface area contributed by atoms with Gasteiger partial charge < -0.3 is 10.6 Å². The van der Waals surface area contributed by atoms with E-state index in [1.54, 1.807) is 32.8 Å². The fourth-order valence-corrected chi connectivity index (χ4v) is 8.71. The number of carbonyl (C=O) groups is 2. The Morgan fingerprint density at radius 1 is 0.659 bits per heavy atom. The van der Waals surface area contributed by atoms with Crippen molar-refractivity contribution in [2.75, 3.05) is 10.6 Å². The average Bonchev–Trinajstić information content (AvgIpc) is 3.35. The maximum absolute atomic E-state index is 14.2. The van der Waals surface area contributed by atoms with E-state index in [4.69, 9.17) is 0 Å². The molecule has 0 radical (unpaired) electrons. The second-order valence-corrected chi connectivity index (χ2v) is 13.3. The number of anilines is 2. The zero-order valence-electron chi connectivity index (χ0n) is 25.6. The van der Waals surface area contributed by atoms with Gasteiger partial charge in [-0.25, -0.2) is 9.36 Å². The van der Waals surface area contributed by atoms with Crippen molar-refractivity contribution < 1.29 is 9.59 Å². The average molecular weight is 595 g/mol. The lowest BCUT2D eigenvalue weighted by molar-refractivity contribution is -0.161. The minimum absolute atomic E-state index is 0.183. The lowest BCUT2D eigenvalue weighted by Crippen LogP contribution is -2.59. The first-order valence-corrected chi connectivity index (χ1v) is 15.3. The molecule has 228 valence electrons. The molecule has 0 aliphatic heterocycles. The SMILES string of the molecule is Cc1c(NC(=O)C23CC4CC(C2)CC(C(=O)Nc2c(C)n(C)n(-c5ccccc5)c2=O)(C4)C3)c(=O)n(-c2ccccc2)n1C. The van der Waals surface area contributed by atoms with E-state index in [9.17, 15) is 19.2 Å². The molecule has 4 bridgehead atoms. The van der Waals surface area contributed by atoms with Crippen molar-refractivity contribution in [2.24, 2.45) is 36.8 Å². The lowest BCUT2D eigenvalue weighted by atomic mass is 9.43. The smallest absolute Gasteiger partial charge is 0.295 e. The third-order valence-corrected chi connectivity index (χ3v) is 10.6. The van der Waals surface area contributed by atoms with Crippen LogP contribution in [0.2, 0.25) is 0 Å². The van der Waals surface area contributed by atoms with Gasteiger partial charge in [-0.15, -0.1) is 0 Å². The molecule has 2 N–H and O–H groups in total. The third-order valence-electron chi connectivity index (χ3n) is 10.6. The van der Waals surface area contributed by atoms with Crippen molar-refractivity contribution in [3.05, 3.63) is 92.8 Å². The molecule has 4 fully saturated rings. The van der Waals surface area contributed by atoms with Crippen LogP contribution in [-0.4, -0.2) is 30.5 Å². The molecule has 2 heterocycles. The van der Waals surface area contributed by atoms with Crippen LogP contribution in [0.5, 0.6) is 0 Å². The number of amides is 2. The Hall–Kier alpha value is -4.60. The van der Waals surface area contributed by atoms with E-state index >= 15 is 0 Å². The maximum atomic E-state index is 14.2. The summed E-state index contributed by atoms with van der Waals surface area (Å²) in [5.41, 5.74) is 1.26. The van der Waals surface area contributed by atoms with Gasteiger partial charge in [-0.1, -0.05) is 36.4 Å². The van der Waals surface area contributed by atoms with Crippen molar-refractivity contribution in [1.82, 2.24) is 18.7 Å². The minimum atomic E-state index is -0.746. The monoisotopic (exact) mass is 594 g/mol.